The molecule has 2 aromatic rings. The van der Waals surface area contributed by atoms with E-state index in [0.717, 1.165) is 5.92 Å². The van der Waals surface area contributed by atoms with E-state index in [1.807, 2.05) is 0 Å². The van der Waals surface area contributed by atoms with Gasteiger partial charge in [-0.15, -0.1) is 0 Å². The second-order valence-electron chi connectivity index (χ2n) is 8.89. The Morgan fingerprint density at radius 2 is 1.33 bits per heavy atom. The van der Waals surface area contributed by atoms with Crippen LogP contribution in [0.1, 0.15) is 82.8 Å². The van der Waals surface area contributed by atoms with E-state index in [0.29, 0.717) is 11.3 Å². The molecule has 1 atom stereocenters. The van der Waals surface area contributed by atoms with Crippen LogP contribution in [0.25, 0.3) is 11.1 Å². The molecule has 1 aliphatic rings. The molecule has 1 fully saturated rings. The van der Waals surface area contributed by atoms with Gasteiger partial charge in [0.1, 0.15) is 0 Å². The summed E-state index contributed by atoms with van der Waals surface area (Å²) in [7, 11) is 0. The summed E-state index contributed by atoms with van der Waals surface area (Å²) in [5.41, 5.74) is 6.04. The first-order valence-corrected chi connectivity index (χ1v) is 9.63. The molecule has 1 aliphatic carbocycles. The fourth-order valence-corrected chi connectivity index (χ4v) is 4.25. The van der Waals surface area contributed by atoms with Crippen LogP contribution in [0.3, 0.4) is 0 Å². The lowest BCUT2D eigenvalue weighted by atomic mass is 9.82. The Labute approximate surface area is 148 Å². The molecule has 0 N–H and O–H groups in total. The van der Waals surface area contributed by atoms with Crippen molar-refractivity contribution in [1.29, 1.82) is 0 Å². The third-order valence-corrected chi connectivity index (χ3v) is 5.47. The normalized spacial score (nSPS) is 17.2. The molecule has 0 aliphatic heterocycles. The van der Waals surface area contributed by atoms with Crippen LogP contribution in [0.5, 0.6) is 0 Å². The molecule has 0 aromatic heterocycles. The van der Waals surface area contributed by atoms with E-state index in [9.17, 15) is 0 Å². The molecule has 0 saturated heterocycles. The summed E-state index contributed by atoms with van der Waals surface area (Å²) >= 11 is 0. The third kappa shape index (κ3) is 4.29. The van der Waals surface area contributed by atoms with E-state index in [2.05, 4.69) is 76.2 Å². The van der Waals surface area contributed by atoms with Crippen molar-refractivity contribution in [3.8, 4) is 11.1 Å². The molecule has 0 heteroatoms. The first-order valence-electron chi connectivity index (χ1n) is 9.63. The summed E-state index contributed by atoms with van der Waals surface area (Å²) in [5.74, 6) is 1.42. The molecule has 128 valence electrons. The summed E-state index contributed by atoms with van der Waals surface area (Å²) in [4.78, 5) is 0. The van der Waals surface area contributed by atoms with Crippen LogP contribution in [-0.4, -0.2) is 0 Å². The molecule has 24 heavy (non-hydrogen) atoms. The quantitative estimate of drug-likeness (QED) is 0.545. The smallest absolute Gasteiger partial charge is 0.0162 e. The van der Waals surface area contributed by atoms with E-state index in [-0.39, 0.29) is 0 Å². The van der Waals surface area contributed by atoms with Gasteiger partial charge in [0.15, 0.2) is 0 Å². The molecule has 0 radical (unpaired) electrons. The van der Waals surface area contributed by atoms with E-state index < -0.39 is 0 Å². The molecule has 1 saturated carbocycles. The topological polar surface area (TPSA) is 0 Å². The van der Waals surface area contributed by atoms with Crippen molar-refractivity contribution in [2.24, 2.45) is 5.41 Å². The molecule has 0 spiro atoms. The molecular weight excluding hydrogens is 288 g/mol. The van der Waals surface area contributed by atoms with Crippen molar-refractivity contribution in [1.82, 2.24) is 0 Å². The van der Waals surface area contributed by atoms with Crippen LogP contribution in [0.4, 0.5) is 0 Å². The summed E-state index contributed by atoms with van der Waals surface area (Å²) in [6.45, 7) is 9.31. The van der Waals surface area contributed by atoms with Crippen molar-refractivity contribution in [3.63, 3.8) is 0 Å². The van der Waals surface area contributed by atoms with Crippen LogP contribution in [-0.2, 0) is 0 Å². The first-order chi connectivity index (χ1) is 11.4. The molecular formula is C24H32. The van der Waals surface area contributed by atoms with Gasteiger partial charge >= 0.3 is 0 Å². The average Bonchev–Trinajstić information content (AvgIpc) is 3.08. The maximum absolute atomic E-state index is 2.35. The summed E-state index contributed by atoms with van der Waals surface area (Å²) in [6, 6.07) is 18.5. The van der Waals surface area contributed by atoms with Crippen LogP contribution in [0.15, 0.2) is 48.5 Å². The standard InChI is InChI=1S/C24H32/c1-18(17-24(2,3)4)19-9-11-22(12-10-19)23-15-13-21(14-16-23)20-7-5-6-8-20/h9-16,18,20H,5-8,17H2,1-4H3. The fraction of sp³-hybridized carbons (Fsp3) is 0.500. The number of rotatable bonds is 4. The van der Waals surface area contributed by atoms with Gasteiger partial charge in [0.05, 0.1) is 0 Å². The zero-order valence-electron chi connectivity index (χ0n) is 15.8. The Morgan fingerprint density at radius 1 is 0.833 bits per heavy atom. The number of hydrogen-bond donors (Lipinski definition) is 0. The summed E-state index contributed by atoms with van der Waals surface area (Å²) < 4.78 is 0. The maximum atomic E-state index is 2.35. The molecule has 1 unspecified atom stereocenters. The zero-order chi connectivity index (χ0) is 17.2. The predicted molar refractivity (Wildman–Crippen MR) is 106 cm³/mol. The van der Waals surface area contributed by atoms with Gasteiger partial charge in [-0.1, -0.05) is 89.1 Å². The lowest BCUT2D eigenvalue weighted by molar-refractivity contribution is 0.349. The SMILES string of the molecule is CC(CC(C)(C)C)c1ccc(-c2ccc(C3CCCC3)cc2)cc1. The number of benzene rings is 2. The van der Waals surface area contributed by atoms with Crippen molar-refractivity contribution in [2.45, 2.75) is 71.6 Å². The van der Waals surface area contributed by atoms with Gasteiger partial charge < -0.3 is 0 Å². The minimum absolute atomic E-state index is 0.383. The molecule has 0 bridgehead atoms. The molecule has 2 aromatic carbocycles. The van der Waals surface area contributed by atoms with Gasteiger partial charge in [-0.25, -0.2) is 0 Å². The van der Waals surface area contributed by atoms with E-state index in [4.69, 9.17) is 0 Å². The van der Waals surface area contributed by atoms with Gasteiger partial charge in [0.25, 0.3) is 0 Å². The van der Waals surface area contributed by atoms with Gasteiger partial charge in [0, 0.05) is 0 Å². The Balaban J connectivity index is 1.71. The van der Waals surface area contributed by atoms with Crippen LogP contribution in [0, 0.1) is 5.41 Å². The van der Waals surface area contributed by atoms with E-state index in [1.165, 1.54) is 54.4 Å². The molecule has 0 heterocycles. The lowest BCUT2D eigenvalue weighted by Gasteiger charge is -2.23. The van der Waals surface area contributed by atoms with Crippen molar-refractivity contribution in [3.05, 3.63) is 59.7 Å². The Morgan fingerprint density at radius 3 is 1.83 bits per heavy atom. The highest BCUT2D eigenvalue weighted by molar-refractivity contribution is 5.64. The van der Waals surface area contributed by atoms with Gasteiger partial charge in [0.2, 0.25) is 0 Å². The Bertz CT molecular complexity index is 634. The third-order valence-electron chi connectivity index (χ3n) is 5.47. The lowest BCUT2D eigenvalue weighted by Crippen LogP contribution is -2.09. The Hall–Kier alpha value is -1.56. The highest BCUT2D eigenvalue weighted by Gasteiger charge is 2.18. The minimum Gasteiger partial charge on any atom is -0.0602 e. The molecule has 0 amide bonds. The largest absolute Gasteiger partial charge is 0.0602 e. The predicted octanol–water partition coefficient (Wildman–Crippen LogP) is 7.55. The van der Waals surface area contributed by atoms with Gasteiger partial charge in [-0.3, -0.25) is 0 Å². The van der Waals surface area contributed by atoms with Crippen molar-refractivity contribution < 1.29 is 0 Å². The van der Waals surface area contributed by atoms with Gasteiger partial charge in [-0.05, 0) is 58.8 Å². The number of hydrogen-bond acceptors (Lipinski definition) is 0. The average molecular weight is 321 g/mol. The molecule has 3 rings (SSSR count). The highest BCUT2D eigenvalue weighted by atomic mass is 14.2. The van der Waals surface area contributed by atoms with E-state index >= 15 is 0 Å². The monoisotopic (exact) mass is 320 g/mol. The van der Waals surface area contributed by atoms with Crippen molar-refractivity contribution >= 4 is 0 Å². The van der Waals surface area contributed by atoms with Crippen LogP contribution < -0.4 is 0 Å². The van der Waals surface area contributed by atoms with Crippen molar-refractivity contribution in [2.75, 3.05) is 0 Å². The second kappa shape index (κ2) is 7.13. The highest BCUT2D eigenvalue weighted by Crippen LogP contribution is 2.35. The van der Waals surface area contributed by atoms with Crippen LogP contribution in [0.2, 0.25) is 0 Å². The summed E-state index contributed by atoms with van der Waals surface area (Å²) in [5, 5.41) is 0. The van der Waals surface area contributed by atoms with Gasteiger partial charge in [-0.2, -0.15) is 0 Å². The fourth-order valence-electron chi connectivity index (χ4n) is 4.25. The molecule has 0 nitrogen and oxygen atoms in total. The second-order valence-corrected chi connectivity index (χ2v) is 8.89. The summed E-state index contributed by atoms with van der Waals surface area (Å²) in [6.07, 6.45) is 6.78. The first kappa shape index (κ1) is 17.3. The Kier molecular flexibility index (Phi) is 5.13. The maximum Gasteiger partial charge on any atom is -0.0162 e. The van der Waals surface area contributed by atoms with E-state index in [1.54, 1.807) is 0 Å². The van der Waals surface area contributed by atoms with Crippen LogP contribution >= 0.6 is 0 Å². The minimum atomic E-state index is 0.383. The zero-order valence-corrected chi connectivity index (χ0v) is 15.8.